The molecule has 1 atom stereocenters. The van der Waals surface area contributed by atoms with Gasteiger partial charge >= 0.3 is 0 Å². The lowest BCUT2D eigenvalue weighted by Crippen LogP contribution is -2.31. The second-order valence-electron chi connectivity index (χ2n) is 4.50. The van der Waals surface area contributed by atoms with Gasteiger partial charge in [-0.15, -0.1) is 0 Å². The highest BCUT2D eigenvalue weighted by Crippen LogP contribution is 2.32. The highest BCUT2D eigenvalue weighted by Gasteiger charge is 2.22. The number of nitrogens with two attached hydrogens (primary N) is 1. The number of nitrogens with zero attached hydrogens (tertiary/aromatic N) is 2. The number of aryl methyl sites for hydroxylation is 1. The number of hydrogen-bond donors (Lipinski definition) is 2. The lowest BCUT2D eigenvalue weighted by molar-refractivity contribution is 0.382. The Morgan fingerprint density at radius 1 is 1.60 bits per heavy atom. The zero-order valence-electron chi connectivity index (χ0n) is 9.32. The number of rotatable bonds is 4. The van der Waals surface area contributed by atoms with Crippen LogP contribution in [0.2, 0.25) is 0 Å². The SMILES string of the molecule is Cn1ccnc1C(CC1CCCC1)NN. The summed E-state index contributed by atoms with van der Waals surface area (Å²) in [5, 5.41) is 0. The third kappa shape index (κ3) is 2.38. The van der Waals surface area contributed by atoms with Crippen molar-refractivity contribution < 1.29 is 0 Å². The summed E-state index contributed by atoms with van der Waals surface area (Å²) in [5.74, 6) is 7.48. The van der Waals surface area contributed by atoms with E-state index in [1.165, 1.54) is 25.7 Å². The lowest BCUT2D eigenvalue weighted by Gasteiger charge is -2.19. The first-order chi connectivity index (χ1) is 7.31. The summed E-state index contributed by atoms with van der Waals surface area (Å²) < 4.78 is 2.04. The van der Waals surface area contributed by atoms with Crippen molar-refractivity contribution in [3.63, 3.8) is 0 Å². The van der Waals surface area contributed by atoms with Gasteiger partial charge in [0.15, 0.2) is 0 Å². The van der Waals surface area contributed by atoms with E-state index in [4.69, 9.17) is 5.84 Å². The van der Waals surface area contributed by atoms with E-state index >= 15 is 0 Å². The first-order valence-corrected chi connectivity index (χ1v) is 5.74. The molecule has 1 saturated carbocycles. The number of nitrogens with one attached hydrogen (secondary N) is 1. The fourth-order valence-electron chi connectivity index (χ4n) is 2.54. The molecule has 0 amide bonds. The van der Waals surface area contributed by atoms with Crippen molar-refractivity contribution in [2.75, 3.05) is 0 Å². The predicted molar refractivity (Wildman–Crippen MR) is 59.8 cm³/mol. The van der Waals surface area contributed by atoms with Gasteiger partial charge < -0.3 is 4.57 Å². The highest BCUT2D eigenvalue weighted by atomic mass is 15.3. The van der Waals surface area contributed by atoms with Gasteiger partial charge in [0, 0.05) is 19.4 Å². The Labute approximate surface area is 90.8 Å². The molecule has 4 nitrogen and oxygen atoms in total. The summed E-state index contributed by atoms with van der Waals surface area (Å²) in [7, 11) is 2.02. The molecule has 3 N–H and O–H groups in total. The van der Waals surface area contributed by atoms with Crippen molar-refractivity contribution in [1.82, 2.24) is 15.0 Å². The molecule has 4 heteroatoms. The van der Waals surface area contributed by atoms with Gasteiger partial charge in [-0.25, -0.2) is 10.4 Å². The summed E-state index contributed by atoms with van der Waals surface area (Å²) in [4.78, 5) is 4.35. The van der Waals surface area contributed by atoms with Crippen LogP contribution >= 0.6 is 0 Å². The Morgan fingerprint density at radius 3 is 2.87 bits per heavy atom. The molecule has 1 aliphatic rings. The molecule has 84 valence electrons. The Balaban J connectivity index is 2.00. The van der Waals surface area contributed by atoms with Gasteiger partial charge in [0.05, 0.1) is 6.04 Å². The summed E-state index contributed by atoms with van der Waals surface area (Å²) >= 11 is 0. The molecule has 1 aromatic heterocycles. The molecule has 0 aliphatic heterocycles. The summed E-state index contributed by atoms with van der Waals surface area (Å²) in [6.07, 6.45) is 10.4. The summed E-state index contributed by atoms with van der Waals surface area (Å²) in [6, 6.07) is 0.202. The molecule has 0 radical (unpaired) electrons. The first-order valence-electron chi connectivity index (χ1n) is 5.74. The Kier molecular flexibility index (Phi) is 3.38. The minimum absolute atomic E-state index is 0.202. The van der Waals surface area contributed by atoms with Crippen LogP contribution in [-0.2, 0) is 7.05 Å². The largest absolute Gasteiger partial charge is 0.337 e. The maximum absolute atomic E-state index is 5.61. The highest BCUT2D eigenvalue weighted by molar-refractivity contribution is 4.98. The van der Waals surface area contributed by atoms with Crippen LogP contribution < -0.4 is 11.3 Å². The monoisotopic (exact) mass is 208 g/mol. The predicted octanol–water partition coefficient (Wildman–Crippen LogP) is 1.50. The van der Waals surface area contributed by atoms with Crippen molar-refractivity contribution in [2.24, 2.45) is 18.8 Å². The van der Waals surface area contributed by atoms with Crippen LogP contribution in [0.15, 0.2) is 12.4 Å². The molecule has 1 aromatic rings. The molecule has 1 aliphatic carbocycles. The Morgan fingerprint density at radius 2 is 2.33 bits per heavy atom. The van der Waals surface area contributed by atoms with Crippen molar-refractivity contribution >= 4 is 0 Å². The maximum atomic E-state index is 5.61. The number of hydrogen-bond acceptors (Lipinski definition) is 3. The zero-order valence-corrected chi connectivity index (χ0v) is 9.32. The van der Waals surface area contributed by atoms with Crippen LogP contribution in [0.4, 0.5) is 0 Å². The van der Waals surface area contributed by atoms with E-state index in [0.717, 1.165) is 18.2 Å². The smallest absolute Gasteiger partial charge is 0.126 e. The lowest BCUT2D eigenvalue weighted by atomic mass is 9.98. The molecule has 1 fully saturated rings. The van der Waals surface area contributed by atoms with Gasteiger partial charge in [0.1, 0.15) is 5.82 Å². The molecule has 0 saturated heterocycles. The van der Waals surface area contributed by atoms with Gasteiger partial charge in [-0.2, -0.15) is 0 Å². The standard InChI is InChI=1S/C11H20N4/c1-15-7-6-13-11(15)10(14-12)8-9-4-2-3-5-9/h6-7,9-10,14H,2-5,8,12H2,1H3. The molecule has 0 aromatic carbocycles. The van der Waals surface area contributed by atoms with E-state index in [0.29, 0.717) is 0 Å². The van der Waals surface area contributed by atoms with E-state index < -0.39 is 0 Å². The van der Waals surface area contributed by atoms with Gasteiger partial charge in [0.2, 0.25) is 0 Å². The van der Waals surface area contributed by atoms with Crippen molar-refractivity contribution in [1.29, 1.82) is 0 Å². The van der Waals surface area contributed by atoms with Gasteiger partial charge in [-0.1, -0.05) is 25.7 Å². The second-order valence-corrected chi connectivity index (χ2v) is 4.50. The minimum Gasteiger partial charge on any atom is -0.337 e. The van der Waals surface area contributed by atoms with Gasteiger partial charge in [-0.3, -0.25) is 5.84 Å². The molecular formula is C11H20N4. The van der Waals surface area contributed by atoms with E-state index in [1.807, 2.05) is 24.0 Å². The van der Waals surface area contributed by atoms with Gasteiger partial charge in [-0.05, 0) is 12.3 Å². The molecule has 15 heavy (non-hydrogen) atoms. The average Bonchev–Trinajstić information content (AvgIpc) is 2.85. The Bertz CT molecular complexity index is 301. The fourth-order valence-corrected chi connectivity index (χ4v) is 2.54. The summed E-state index contributed by atoms with van der Waals surface area (Å²) in [5.41, 5.74) is 2.89. The second kappa shape index (κ2) is 4.77. The van der Waals surface area contributed by atoms with Crippen LogP contribution in [0.3, 0.4) is 0 Å². The minimum atomic E-state index is 0.202. The van der Waals surface area contributed by atoms with Crippen molar-refractivity contribution in [3.8, 4) is 0 Å². The molecule has 0 bridgehead atoms. The van der Waals surface area contributed by atoms with Gasteiger partial charge in [0.25, 0.3) is 0 Å². The normalized spacial score (nSPS) is 19.6. The summed E-state index contributed by atoms with van der Waals surface area (Å²) in [6.45, 7) is 0. The van der Waals surface area contributed by atoms with Crippen LogP contribution in [0.5, 0.6) is 0 Å². The fraction of sp³-hybridized carbons (Fsp3) is 0.727. The average molecular weight is 208 g/mol. The molecule has 2 rings (SSSR count). The number of hydrazine groups is 1. The molecular weight excluding hydrogens is 188 g/mol. The van der Waals surface area contributed by atoms with E-state index in [-0.39, 0.29) is 6.04 Å². The molecule has 1 unspecified atom stereocenters. The van der Waals surface area contributed by atoms with Crippen LogP contribution in [0.25, 0.3) is 0 Å². The Hall–Kier alpha value is -0.870. The first kappa shape index (κ1) is 10.6. The van der Waals surface area contributed by atoms with Crippen molar-refractivity contribution in [2.45, 2.75) is 38.1 Å². The van der Waals surface area contributed by atoms with E-state index in [1.54, 1.807) is 0 Å². The number of aromatic nitrogens is 2. The van der Waals surface area contributed by atoms with Crippen molar-refractivity contribution in [3.05, 3.63) is 18.2 Å². The third-order valence-electron chi connectivity index (χ3n) is 3.42. The number of imidazole rings is 1. The van der Waals surface area contributed by atoms with Crippen LogP contribution in [0, 0.1) is 5.92 Å². The topological polar surface area (TPSA) is 55.9 Å². The molecule has 1 heterocycles. The zero-order chi connectivity index (χ0) is 10.7. The third-order valence-corrected chi connectivity index (χ3v) is 3.42. The van der Waals surface area contributed by atoms with E-state index in [2.05, 4.69) is 10.4 Å². The van der Waals surface area contributed by atoms with Crippen LogP contribution in [0.1, 0.15) is 44.0 Å². The van der Waals surface area contributed by atoms with Crippen LogP contribution in [-0.4, -0.2) is 9.55 Å². The quantitative estimate of drug-likeness (QED) is 0.582. The maximum Gasteiger partial charge on any atom is 0.126 e. The molecule has 0 spiro atoms. The van der Waals surface area contributed by atoms with E-state index in [9.17, 15) is 0 Å².